The van der Waals surface area contributed by atoms with Crippen molar-refractivity contribution >= 4 is 16.8 Å². The summed E-state index contributed by atoms with van der Waals surface area (Å²) in [6, 6.07) is 8.52. The summed E-state index contributed by atoms with van der Waals surface area (Å²) in [5.41, 5.74) is 2.65. The first-order valence-corrected chi connectivity index (χ1v) is 6.84. The van der Waals surface area contributed by atoms with Crippen molar-refractivity contribution in [3.63, 3.8) is 0 Å². The van der Waals surface area contributed by atoms with Crippen LogP contribution in [0.1, 0.15) is 17.3 Å². The standard InChI is InChI=1S/C14H18ClN3/c1-17-6-8-18(9-7-17)14-12-5-3-2-4-11(12)10-13(15)16-14/h2-5,14H,6-10H2,1H3. The molecule has 96 valence electrons. The summed E-state index contributed by atoms with van der Waals surface area (Å²) in [6.07, 6.45) is 0.901. The second-order valence-corrected chi connectivity index (χ2v) is 5.53. The number of hydrogen-bond donors (Lipinski definition) is 0. The molecule has 0 bridgehead atoms. The van der Waals surface area contributed by atoms with Gasteiger partial charge in [-0.2, -0.15) is 0 Å². The van der Waals surface area contributed by atoms with E-state index in [1.807, 2.05) is 0 Å². The summed E-state index contributed by atoms with van der Waals surface area (Å²) in [5, 5.41) is 0.734. The number of likely N-dealkylation sites (N-methyl/N-ethyl adjacent to an activating group) is 1. The fourth-order valence-electron chi connectivity index (χ4n) is 2.70. The zero-order valence-corrected chi connectivity index (χ0v) is 11.4. The molecule has 0 radical (unpaired) electrons. The maximum atomic E-state index is 6.20. The molecule has 0 aromatic heterocycles. The Hall–Kier alpha value is -0.900. The second kappa shape index (κ2) is 5.00. The van der Waals surface area contributed by atoms with Crippen molar-refractivity contribution in [1.29, 1.82) is 0 Å². The fraction of sp³-hybridized carbons (Fsp3) is 0.500. The molecule has 0 aliphatic carbocycles. The van der Waals surface area contributed by atoms with E-state index in [1.54, 1.807) is 0 Å². The minimum absolute atomic E-state index is 0.121. The first kappa shape index (κ1) is 12.2. The van der Waals surface area contributed by atoms with Crippen LogP contribution in [0.2, 0.25) is 0 Å². The zero-order chi connectivity index (χ0) is 12.5. The molecule has 1 saturated heterocycles. The first-order chi connectivity index (χ1) is 8.74. The number of rotatable bonds is 1. The average molecular weight is 264 g/mol. The summed E-state index contributed by atoms with van der Waals surface area (Å²) < 4.78 is 0. The van der Waals surface area contributed by atoms with Crippen molar-refractivity contribution in [2.24, 2.45) is 4.99 Å². The van der Waals surface area contributed by atoms with Gasteiger partial charge < -0.3 is 4.90 Å². The SMILES string of the molecule is CN1CCN(C2N=C(Cl)Cc3ccccc32)CC1. The van der Waals surface area contributed by atoms with Gasteiger partial charge in [-0.3, -0.25) is 9.89 Å². The van der Waals surface area contributed by atoms with E-state index in [-0.39, 0.29) is 6.17 Å². The van der Waals surface area contributed by atoms with Crippen molar-refractivity contribution in [2.75, 3.05) is 33.2 Å². The average Bonchev–Trinajstić information content (AvgIpc) is 2.38. The van der Waals surface area contributed by atoms with E-state index in [1.165, 1.54) is 11.1 Å². The highest BCUT2D eigenvalue weighted by molar-refractivity contribution is 6.65. The van der Waals surface area contributed by atoms with Crippen molar-refractivity contribution in [3.05, 3.63) is 35.4 Å². The Labute approximate surface area is 113 Å². The van der Waals surface area contributed by atoms with Crippen LogP contribution < -0.4 is 0 Å². The van der Waals surface area contributed by atoms with E-state index in [0.717, 1.165) is 37.8 Å². The van der Waals surface area contributed by atoms with Crippen LogP contribution in [0.15, 0.2) is 29.3 Å². The number of benzene rings is 1. The van der Waals surface area contributed by atoms with Crippen LogP contribution in [0, 0.1) is 0 Å². The summed E-state index contributed by atoms with van der Waals surface area (Å²) in [4.78, 5) is 9.45. The molecule has 1 atom stereocenters. The van der Waals surface area contributed by atoms with Crippen LogP contribution in [-0.4, -0.2) is 48.2 Å². The van der Waals surface area contributed by atoms with Gasteiger partial charge in [-0.05, 0) is 18.2 Å². The summed E-state index contributed by atoms with van der Waals surface area (Å²) in [5.74, 6) is 0. The van der Waals surface area contributed by atoms with Crippen LogP contribution in [0.3, 0.4) is 0 Å². The van der Waals surface area contributed by atoms with E-state index in [2.05, 4.69) is 46.1 Å². The number of aliphatic imine (C=N–C) groups is 1. The summed E-state index contributed by atoms with van der Waals surface area (Å²) in [7, 11) is 2.17. The van der Waals surface area contributed by atoms with Crippen molar-refractivity contribution < 1.29 is 0 Å². The third-order valence-corrected chi connectivity index (χ3v) is 4.05. The first-order valence-electron chi connectivity index (χ1n) is 6.46. The molecule has 0 saturated carbocycles. The largest absolute Gasteiger partial charge is 0.304 e. The Morgan fingerprint density at radius 3 is 2.67 bits per heavy atom. The van der Waals surface area contributed by atoms with Gasteiger partial charge in [-0.15, -0.1) is 0 Å². The number of piperazine rings is 1. The minimum atomic E-state index is 0.121. The Kier molecular flexibility index (Phi) is 3.37. The predicted molar refractivity (Wildman–Crippen MR) is 75.2 cm³/mol. The predicted octanol–water partition coefficient (Wildman–Crippen LogP) is 2.13. The van der Waals surface area contributed by atoms with Crippen molar-refractivity contribution in [1.82, 2.24) is 9.80 Å². The van der Waals surface area contributed by atoms with Crippen LogP contribution in [-0.2, 0) is 6.42 Å². The van der Waals surface area contributed by atoms with Gasteiger partial charge in [0, 0.05) is 32.6 Å². The molecule has 1 fully saturated rings. The fourth-order valence-corrected chi connectivity index (χ4v) is 2.93. The summed E-state index contributed by atoms with van der Waals surface area (Å²) >= 11 is 6.20. The molecule has 1 aromatic carbocycles. The van der Waals surface area contributed by atoms with E-state index in [0.29, 0.717) is 0 Å². The quantitative estimate of drug-likeness (QED) is 0.773. The molecule has 0 spiro atoms. The van der Waals surface area contributed by atoms with Gasteiger partial charge in [0.05, 0.1) is 0 Å². The lowest BCUT2D eigenvalue weighted by atomic mass is 9.99. The molecule has 3 rings (SSSR count). The third kappa shape index (κ3) is 2.30. The van der Waals surface area contributed by atoms with Crippen molar-refractivity contribution in [3.8, 4) is 0 Å². The highest BCUT2D eigenvalue weighted by atomic mass is 35.5. The molecule has 2 heterocycles. The van der Waals surface area contributed by atoms with E-state index < -0.39 is 0 Å². The lowest BCUT2D eigenvalue weighted by Crippen LogP contribution is -2.46. The molecule has 1 aromatic rings. The molecule has 0 N–H and O–H groups in total. The third-order valence-electron chi connectivity index (χ3n) is 3.82. The van der Waals surface area contributed by atoms with Crippen molar-refractivity contribution in [2.45, 2.75) is 12.6 Å². The lowest BCUT2D eigenvalue weighted by molar-refractivity contribution is 0.114. The molecule has 1 unspecified atom stereocenters. The molecule has 4 heteroatoms. The Bertz CT molecular complexity index is 464. The molecular formula is C14H18ClN3. The molecule has 0 amide bonds. The Morgan fingerprint density at radius 1 is 1.17 bits per heavy atom. The van der Waals surface area contributed by atoms with Gasteiger partial charge in [0.2, 0.25) is 0 Å². The molecule has 2 aliphatic heterocycles. The highest BCUT2D eigenvalue weighted by Gasteiger charge is 2.27. The zero-order valence-electron chi connectivity index (χ0n) is 10.6. The summed E-state index contributed by atoms with van der Waals surface area (Å²) in [6.45, 7) is 4.32. The van der Waals surface area contributed by atoms with Gasteiger partial charge in [-0.1, -0.05) is 35.9 Å². The Balaban J connectivity index is 1.88. The molecular weight excluding hydrogens is 246 g/mol. The van der Waals surface area contributed by atoms with Gasteiger partial charge in [0.1, 0.15) is 11.3 Å². The van der Waals surface area contributed by atoms with Gasteiger partial charge in [-0.25, -0.2) is 0 Å². The van der Waals surface area contributed by atoms with E-state index in [4.69, 9.17) is 11.6 Å². The van der Waals surface area contributed by atoms with Gasteiger partial charge in [0.15, 0.2) is 0 Å². The van der Waals surface area contributed by atoms with Crippen LogP contribution in [0.25, 0.3) is 0 Å². The monoisotopic (exact) mass is 263 g/mol. The van der Waals surface area contributed by atoms with Crippen LogP contribution >= 0.6 is 11.6 Å². The van der Waals surface area contributed by atoms with Gasteiger partial charge >= 0.3 is 0 Å². The van der Waals surface area contributed by atoms with Crippen LogP contribution in [0.5, 0.6) is 0 Å². The Morgan fingerprint density at radius 2 is 1.89 bits per heavy atom. The topological polar surface area (TPSA) is 18.8 Å². The lowest BCUT2D eigenvalue weighted by Gasteiger charge is -2.38. The molecule has 3 nitrogen and oxygen atoms in total. The highest BCUT2D eigenvalue weighted by Crippen LogP contribution is 2.31. The van der Waals surface area contributed by atoms with E-state index >= 15 is 0 Å². The smallest absolute Gasteiger partial charge is 0.129 e. The molecule has 2 aliphatic rings. The van der Waals surface area contributed by atoms with Crippen LogP contribution in [0.4, 0.5) is 0 Å². The number of nitrogens with zero attached hydrogens (tertiary/aromatic N) is 3. The second-order valence-electron chi connectivity index (χ2n) is 5.09. The normalized spacial score (nSPS) is 25.7. The maximum Gasteiger partial charge on any atom is 0.129 e. The van der Waals surface area contributed by atoms with Gasteiger partial charge in [0.25, 0.3) is 0 Å². The molecule has 18 heavy (non-hydrogen) atoms. The maximum absolute atomic E-state index is 6.20. The number of halogens is 1. The number of fused-ring (bicyclic) bond motifs is 1. The van der Waals surface area contributed by atoms with E-state index in [9.17, 15) is 0 Å². The number of hydrogen-bond acceptors (Lipinski definition) is 3. The minimum Gasteiger partial charge on any atom is -0.304 e.